The predicted molar refractivity (Wildman–Crippen MR) is 61.7 cm³/mol. The molecule has 0 spiro atoms. The summed E-state index contributed by atoms with van der Waals surface area (Å²) in [6, 6.07) is 0. The van der Waals surface area contributed by atoms with Crippen LogP contribution in [0, 0.1) is 12.8 Å². The van der Waals surface area contributed by atoms with Crippen LogP contribution in [-0.2, 0) is 10.0 Å². The van der Waals surface area contributed by atoms with Crippen LogP contribution < -0.4 is 5.73 Å². The second kappa shape index (κ2) is 3.30. The minimum atomic E-state index is -3.42. The van der Waals surface area contributed by atoms with Gasteiger partial charge in [-0.05, 0) is 25.7 Å². The van der Waals surface area contributed by atoms with Crippen molar-refractivity contribution in [3.8, 4) is 0 Å². The largest absolute Gasteiger partial charge is 0.332 e. The van der Waals surface area contributed by atoms with E-state index in [1.807, 2.05) is 0 Å². The number of hydrogen-bond donors (Lipinski definition) is 2. The topological polar surface area (TPSA) is 92.1 Å². The Kier molecular flexibility index (Phi) is 2.17. The van der Waals surface area contributed by atoms with E-state index in [2.05, 4.69) is 9.97 Å². The molecule has 0 radical (unpaired) electrons. The van der Waals surface area contributed by atoms with Crippen molar-refractivity contribution in [1.82, 2.24) is 14.3 Å². The Balaban J connectivity index is 1.78. The van der Waals surface area contributed by atoms with Crippen LogP contribution in [-0.4, -0.2) is 41.3 Å². The first-order chi connectivity index (χ1) is 7.92. The molecular formula is C10H16N4O2S. The maximum absolute atomic E-state index is 12.2. The lowest BCUT2D eigenvalue weighted by Gasteiger charge is -2.46. The first kappa shape index (κ1) is 11.2. The number of aryl methyl sites for hydroxylation is 1. The molecule has 2 aliphatic rings. The van der Waals surface area contributed by atoms with E-state index in [0.717, 1.165) is 12.8 Å². The van der Waals surface area contributed by atoms with E-state index >= 15 is 0 Å². The fraction of sp³-hybridized carbons (Fsp3) is 0.700. The molecule has 7 heteroatoms. The first-order valence-corrected chi connectivity index (χ1v) is 7.16. The number of sulfonamides is 1. The molecule has 2 fully saturated rings. The van der Waals surface area contributed by atoms with Gasteiger partial charge in [-0.2, -0.15) is 4.31 Å². The van der Waals surface area contributed by atoms with Gasteiger partial charge in [0.05, 0.1) is 6.20 Å². The molecule has 0 atom stereocenters. The molecule has 2 heterocycles. The number of hydrogen-bond acceptors (Lipinski definition) is 4. The number of aromatic amines is 1. The Morgan fingerprint density at radius 1 is 1.53 bits per heavy atom. The van der Waals surface area contributed by atoms with Crippen molar-refractivity contribution in [2.45, 2.75) is 30.3 Å². The van der Waals surface area contributed by atoms with Crippen molar-refractivity contribution in [2.24, 2.45) is 11.7 Å². The second-order valence-electron chi connectivity index (χ2n) is 5.11. The molecular weight excluding hydrogens is 240 g/mol. The minimum absolute atomic E-state index is 0.160. The Hall–Kier alpha value is -0.920. The summed E-state index contributed by atoms with van der Waals surface area (Å²) >= 11 is 0. The van der Waals surface area contributed by atoms with Crippen LogP contribution in [0.2, 0.25) is 0 Å². The Morgan fingerprint density at radius 2 is 2.18 bits per heavy atom. The Bertz CT molecular complexity index is 540. The van der Waals surface area contributed by atoms with Gasteiger partial charge in [0.1, 0.15) is 5.82 Å². The summed E-state index contributed by atoms with van der Waals surface area (Å²) in [7, 11) is -3.42. The van der Waals surface area contributed by atoms with Crippen LogP contribution >= 0.6 is 0 Å². The molecule has 1 aromatic rings. The summed E-state index contributed by atoms with van der Waals surface area (Å²) in [5.41, 5.74) is 5.86. The van der Waals surface area contributed by atoms with E-state index in [4.69, 9.17) is 5.73 Å². The molecule has 1 aliphatic carbocycles. The third-order valence-electron chi connectivity index (χ3n) is 3.63. The normalized spacial score (nSPS) is 24.6. The zero-order valence-electron chi connectivity index (χ0n) is 9.68. The number of nitrogens with one attached hydrogen (secondary N) is 1. The molecule has 94 valence electrons. The van der Waals surface area contributed by atoms with Crippen LogP contribution in [0.4, 0.5) is 0 Å². The van der Waals surface area contributed by atoms with Crippen molar-refractivity contribution >= 4 is 10.0 Å². The summed E-state index contributed by atoms with van der Waals surface area (Å²) in [4.78, 5) is 6.67. The van der Waals surface area contributed by atoms with Crippen molar-refractivity contribution in [3.05, 3.63) is 12.0 Å². The summed E-state index contributed by atoms with van der Waals surface area (Å²) in [6.07, 6.45) is 3.62. The number of H-pyrrole nitrogens is 1. The van der Waals surface area contributed by atoms with E-state index in [1.54, 1.807) is 6.92 Å². The molecule has 6 nitrogen and oxygen atoms in total. The monoisotopic (exact) mass is 256 g/mol. The fourth-order valence-electron chi connectivity index (χ4n) is 2.37. The molecule has 1 saturated heterocycles. The smallest absolute Gasteiger partial charge is 0.260 e. The van der Waals surface area contributed by atoms with Gasteiger partial charge >= 0.3 is 0 Å². The average molecular weight is 256 g/mol. The lowest BCUT2D eigenvalue weighted by Crippen LogP contribution is -2.69. The predicted octanol–water partition coefficient (Wildman–Crippen LogP) is -0.170. The molecule has 0 amide bonds. The molecule has 1 aliphatic heterocycles. The van der Waals surface area contributed by atoms with Gasteiger partial charge in [-0.1, -0.05) is 0 Å². The SMILES string of the molecule is Cc1ncc(S(=O)(=O)N2CC(N)(C3CC3)C2)[nH]1. The van der Waals surface area contributed by atoms with Crippen LogP contribution in [0.5, 0.6) is 0 Å². The minimum Gasteiger partial charge on any atom is -0.332 e. The zero-order chi connectivity index (χ0) is 12.3. The highest BCUT2D eigenvalue weighted by Gasteiger charge is 2.54. The quantitative estimate of drug-likeness (QED) is 0.785. The van der Waals surface area contributed by atoms with Gasteiger partial charge in [0.2, 0.25) is 0 Å². The van der Waals surface area contributed by atoms with Gasteiger partial charge in [0, 0.05) is 18.6 Å². The Morgan fingerprint density at radius 3 is 2.65 bits per heavy atom. The number of imidazole rings is 1. The molecule has 17 heavy (non-hydrogen) atoms. The van der Waals surface area contributed by atoms with Gasteiger partial charge in [-0.25, -0.2) is 13.4 Å². The lowest BCUT2D eigenvalue weighted by atomic mass is 9.88. The van der Waals surface area contributed by atoms with E-state index in [-0.39, 0.29) is 10.6 Å². The lowest BCUT2D eigenvalue weighted by molar-refractivity contribution is 0.135. The average Bonchev–Trinajstić information content (AvgIpc) is 2.97. The molecule has 1 aromatic heterocycles. The van der Waals surface area contributed by atoms with Gasteiger partial charge in [0.15, 0.2) is 5.03 Å². The fourth-order valence-corrected chi connectivity index (χ4v) is 3.93. The molecule has 0 unspecified atom stereocenters. The van der Waals surface area contributed by atoms with E-state index in [1.165, 1.54) is 10.5 Å². The van der Waals surface area contributed by atoms with Crippen LogP contribution in [0.3, 0.4) is 0 Å². The van der Waals surface area contributed by atoms with Crippen LogP contribution in [0.1, 0.15) is 18.7 Å². The van der Waals surface area contributed by atoms with Crippen molar-refractivity contribution in [2.75, 3.05) is 13.1 Å². The summed E-state index contributed by atoms with van der Waals surface area (Å²) in [5.74, 6) is 1.11. The molecule has 3 N–H and O–H groups in total. The summed E-state index contributed by atoms with van der Waals surface area (Å²) < 4.78 is 25.7. The van der Waals surface area contributed by atoms with Crippen LogP contribution in [0.15, 0.2) is 11.2 Å². The van der Waals surface area contributed by atoms with E-state index < -0.39 is 10.0 Å². The first-order valence-electron chi connectivity index (χ1n) is 5.72. The summed E-state index contributed by atoms with van der Waals surface area (Å²) in [6.45, 7) is 2.59. The number of nitrogens with zero attached hydrogens (tertiary/aromatic N) is 2. The zero-order valence-corrected chi connectivity index (χ0v) is 10.5. The number of aromatic nitrogens is 2. The standard InChI is InChI=1S/C10H16N4O2S/c1-7-12-4-9(13-7)17(15,16)14-5-10(11,6-14)8-2-3-8/h4,8H,2-3,5-6,11H2,1H3,(H,12,13). The maximum atomic E-state index is 12.2. The second-order valence-corrected chi connectivity index (χ2v) is 7.02. The highest BCUT2D eigenvalue weighted by atomic mass is 32.2. The molecule has 0 bridgehead atoms. The number of nitrogens with two attached hydrogens (primary N) is 1. The van der Waals surface area contributed by atoms with Crippen molar-refractivity contribution in [3.63, 3.8) is 0 Å². The van der Waals surface area contributed by atoms with E-state index in [9.17, 15) is 8.42 Å². The van der Waals surface area contributed by atoms with Crippen molar-refractivity contribution < 1.29 is 8.42 Å². The van der Waals surface area contributed by atoms with Gasteiger partial charge < -0.3 is 10.7 Å². The van der Waals surface area contributed by atoms with Gasteiger partial charge in [-0.15, -0.1) is 0 Å². The number of rotatable bonds is 3. The van der Waals surface area contributed by atoms with Crippen LogP contribution in [0.25, 0.3) is 0 Å². The highest BCUT2D eigenvalue weighted by molar-refractivity contribution is 7.89. The maximum Gasteiger partial charge on any atom is 0.260 e. The highest BCUT2D eigenvalue weighted by Crippen LogP contribution is 2.44. The third-order valence-corrected chi connectivity index (χ3v) is 5.33. The molecule has 3 rings (SSSR count). The molecule has 0 aromatic carbocycles. The summed E-state index contributed by atoms with van der Waals surface area (Å²) in [5, 5.41) is 0.160. The molecule has 1 saturated carbocycles. The Labute approximate surface area is 100 Å². The van der Waals surface area contributed by atoms with Gasteiger partial charge in [0.25, 0.3) is 10.0 Å². The van der Waals surface area contributed by atoms with Gasteiger partial charge in [-0.3, -0.25) is 0 Å². The third kappa shape index (κ3) is 1.69. The van der Waals surface area contributed by atoms with Crippen molar-refractivity contribution in [1.29, 1.82) is 0 Å². The van der Waals surface area contributed by atoms with E-state index in [0.29, 0.717) is 24.8 Å².